The van der Waals surface area contributed by atoms with Gasteiger partial charge in [-0.25, -0.2) is 14.1 Å². The zero-order valence-electron chi connectivity index (χ0n) is 19.7. The number of methoxy groups -OCH3 is 1. The molecular weight excluding hydrogens is 429 g/mol. The minimum absolute atomic E-state index is 0.0619. The van der Waals surface area contributed by atoms with E-state index in [1.807, 2.05) is 6.92 Å². The van der Waals surface area contributed by atoms with Crippen molar-refractivity contribution in [2.45, 2.75) is 64.0 Å². The number of likely N-dealkylation sites (tertiary alicyclic amines) is 1. The van der Waals surface area contributed by atoms with Crippen molar-refractivity contribution in [2.75, 3.05) is 31.8 Å². The van der Waals surface area contributed by atoms with Gasteiger partial charge in [-0.3, -0.25) is 14.9 Å². The molecule has 0 spiro atoms. The van der Waals surface area contributed by atoms with Gasteiger partial charge in [0, 0.05) is 19.3 Å². The number of carbonyl (C=O) groups excluding carboxylic acids is 3. The second kappa shape index (κ2) is 8.06. The Balaban J connectivity index is 1.58. The Morgan fingerprint density at radius 3 is 2.48 bits per heavy atom. The van der Waals surface area contributed by atoms with Gasteiger partial charge >= 0.3 is 12.0 Å². The molecule has 1 aliphatic carbocycles. The Morgan fingerprint density at radius 2 is 1.91 bits per heavy atom. The number of aliphatic hydroxyl groups excluding tert-OH is 1. The quantitative estimate of drug-likeness (QED) is 0.529. The first-order valence-corrected chi connectivity index (χ1v) is 11.5. The number of aliphatic hydroxyl groups is 1. The van der Waals surface area contributed by atoms with E-state index in [4.69, 9.17) is 4.74 Å². The van der Waals surface area contributed by atoms with Gasteiger partial charge < -0.3 is 14.3 Å². The monoisotopic (exact) mass is 462 g/mol. The van der Waals surface area contributed by atoms with Crippen LogP contribution in [0.2, 0.25) is 0 Å². The molecule has 2 aliphatic heterocycles. The van der Waals surface area contributed by atoms with Gasteiger partial charge in [-0.05, 0) is 44.9 Å². The van der Waals surface area contributed by atoms with Crippen LogP contribution in [0.25, 0.3) is 0 Å². The predicted octanol–water partition coefficient (Wildman–Crippen LogP) is 2.43. The highest BCUT2D eigenvalue weighted by Gasteiger charge is 2.60. The molecule has 1 aromatic rings. The summed E-state index contributed by atoms with van der Waals surface area (Å²) in [7, 11) is 1.38. The van der Waals surface area contributed by atoms with Crippen molar-refractivity contribution in [3.8, 4) is 0 Å². The summed E-state index contributed by atoms with van der Waals surface area (Å²) in [5, 5.41) is 13.0. The highest BCUT2D eigenvalue weighted by Crippen LogP contribution is 2.49. The molecule has 2 atom stereocenters. The zero-order chi connectivity index (χ0) is 24.2. The van der Waals surface area contributed by atoms with E-state index in [-0.39, 0.29) is 24.4 Å². The van der Waals surface area contributed by atoms with Crippen molar-refractivity contribution in [3.63, 3.8) is 0 Å². The highest BCUT2D eigenvalue weighted by atomic mass is 19.1. The molecule has 9 heteroatoms. The van der Waals surface area contributed by atoms with Crippen molar-refractivity contribution in [3.05, 3.63) is 29.6 Å². The van der Waals surface area contributed by atoms with Gasteiger partial charge in [0.15, 0.2) is 6.67 Å². The lowest BCUT2D eigenvalue weighted by Crippen LogP contribution is -2.72. The number of hydrogen-bond donors (Lipinski definition) is 2. The topological polar surface area (TPSA) is 95.9 Å². The number of ether oxygens (including phenoxy) is 1. The van der Waals surface area contributed by atoms with Gasteiger partial charge in [-0.1, -0.05) is 6.07 Å². The Morgan fingerprint density at radius 1 is 1.24 bits per heavy atom. The lowest BCUT2D eigenvalue weighted by atomic mass is 9.63. The van der Waals surface area contributed by atoms with Crippen molar-refractivity contribution in [1.29, 1.82) is 0 Å². The fraction of sp³-hybridized carbons (Fsp3) is 0.625. The largest absolute Gasteiger partial charge is 0.468 e. The molecule has 8 nitrogen and oxygen atoms in total. The average molecular weight is 463 g/mol. The van der Waals surface area contributed by atoms with Gasteiger partial charge in [-0.15, -0.1) is 0 Å². The number of carbonyl (C=O) groups is 3. The number of piperidine rings is 1. The highest BCUT2D eigenvalue weighted by molar-refractivity contribution is 6.22. The number of anilines is 1. The number of nitrogens with zero attached hydrogens (tertiary/aromatic N) is 2. The van der Waals surface area contributed by atoms with Gasteiger partial charge in [0.1, 0.15) is 17.3 Å². The Kier molecular flexibility index (Phi) is 5.77. The second-order valence-electron chi connectivity index (χ2n) is 10.4. The third kappa shape index (κ3) is 3.61. The number of nitrogens with one attached hydrogen (secondary N) is 1. The summed E-state index contributed by atoms with van der Waals surface area (Å²) in [5.41, 5.74) is -0.750. The second-order valence-corrected chi connectivity index (χ2v) is 10.4. The van der Waals surface area contributed by atoms with E-state index in [1.54, 1.807) is 19.9 Å². The molecule has 1 aromatic carbocycles. The van der Waals surface area contributed by atoms with E-state index < -0.39 is 34.7 Å². The average Bonchev–Trinajstić information content (AvgIpc) is 2.97. The molecule has 1 saturated carbocycles. The summed E-state index contributed by atoms with van der Waals surface area (Å²) in [6.45, 7) is 6.74. The van der Waals surface area contributed by atoms with E-state index in [2.05, 4.69) is 5.32 Å². The van der Waals surface area contributed by atoms with E-state index in [1.165, 1.54) is 19.2 Å². The first-order valence-electron chi connectivity index (χ1n) is 11.5. The fourth-order valence-corrected chi connectivity index (χ4v) is 5.93. The SMILES string of the molecule is COC(=O)C1(C)CCC1[N+]1(CNC(=O)N2C(=O)C(C)(C)c3ccc(F)cc32)CCC(O)CC1. The first kappa shape index (κ1) is 23.6. The maximum Gasteiger partial charge on any atom is 0.333 e. The number of esters is 1. The Bertz CT molecular complexity index is 988. The molecule has 0 bridgehead atoms. The molecule has 1 saturated heterocycles. The van der Waals surface area contributed by atoms with Crippen LogP contribution >= 0.6 is 0 Å². The molecule has 3 amide bonds. The fourth-order valence-electron chi connectivity index (χ4n) is 5.93. The molecule has 0 aromatic heterocycles. The maximum absolute atomic E-state index is 14.0. The Labute approximate surface area is 193 Å². The normalized spacial score (nSPS) is 32.7. The summed E-state index contributed by atoms with van der Waals surface area (Å²) < 4.78 is 19.5. The van der Waals surface area contributed by atoms with Crippen LogP contribution < -0.4 is 10.2 Å². The van der Waals surface area contributed by atoms with E-state index in [0.717, 1.165) is 11.3 Å². The molecule has 3 aliphatic rings. The van der Waals surface area contributed by atoms with Gasteiger partial charge in [-0.2, -0.15) is 0 Å². The summed E-state index contributed by atoms with van der Waals surface area (Å²) in [6.07, 6.45) is 2.22. The summed E-state index contributed by atoms with van der Waals surface area (Å²) in [6, 6.07) is 3.38. The number of urea groups is 1. The van der Waals surface area contributed by atoms with Crippen molar-refractivity contribution in [1.82, 2.24) is 5.32 Å². The number of hydrogen-bond acceptors (Lipinski definition) is 5. The number of halogens is 1. The molecule has 2 fully saturated rings. The predicted molar refractivity (Wildman–Crippen MR) is 119 cm³/mol. The first-order chi connectivity index (χ1) is 15.5. The maximum atomic E-state index is 14.0. The smallest absolute Gasteiger partial charge is 0.333 e. The molecule has 2 N–H and O–H groups in total. The summed E-state index contributed by atoms with van der Waals surface area (Å²) >= 11 is 0. The minimum Gasteiger partial charge on any atom is -0.468 e. The van der Waals surface area contributed by atoms with Gasteiger partial charge in [0.05, 0.1) is 37.4 Å². The lowest BCUT2D eigenvalue weighted by Gasteiger charge is -2.57. The summed E-state index contributed by atoms with van der Waals surface area (Å²) in [5.74, 6) is -1.20. The van der Waals surface area contributed by atoms with Crippen LogP contribution in [-0.4, -0.2) is 66.5 Å². The number of quaternary nitrogens is 1. The molecule has 2 heterocycles. The van der Waals surface area contributed by atoms with Crippen LogP contribution in [0.15, 0.2) is 18.2 Å². The van der Waals surface area contributed by atoms with Gasteiger partial charge in [0.25, 0.3) is 0 Å². The van der Waals surface area contributed by atoms with E-state index in [9.17, 15) is 23.9 Å². The zero-order valence-corrected chi connectivity index (χ0v) is 19.7. The lowest BCUT2D eigenvalue weighted by molar-refractivity contribution is -0.969. The number of imide groups is 1. The van der Waals surface area contributed by atoms with Crippen LogP contribution in [0.3, 0.4) is 0 Å². The van der Waals surface area contributed by atoms with Crippen LogP contribution in [0.5, 0.6) is 0 Å². The molecule has 33 heavy (non-hydrogen) atoms. The van der Waals surface area contributed by atoms with Crippen LogP contribution in [-0.2, 0) is 19.7 Å². The number of amides is 3. The number of rotatable bonds is 4. The van der Waals surface area contributed by atoms with Crippen LogP contribution in [0.1, 0.15) is 52.0 Å². The minimum atomic E-state index is -0.945. The van der Waals surface area contributed by atoms with Gasteiger partial charge in [0.2, 0.25) is 5.91 Å². The molecule has 2 unspecified atom stereocenters. The third-order valence-corrected chi connectivity index (χ3v) is 8.16. The molecule has 4 rings (SSSR count). The molecule has 180 valence electrons. The summed E-state index contributed by atoms with van der Waals surface area (Å²) in [4.78, 5) is 39.9. The van der Waals surface area contributed by atoms with Crippen molar-refractivity contribution >= 4 is 23.6 Å². The van der Waals surface area contributed by atoms with E-state index in [0.29, 0.717) is 42.4 Å². The van der Waals surface area contributed by atoms with Crippen LogP contribution in [0.4, 0.5) is 14.9 Å². The Hall–Kier alpha value is -2.52. The molecular formula is C24H33FN3O5+. The molecule has 0 radical (unpaired) electrons. The van der Waals surface area contributed by atoms with Crippen molar-refractivity contribution in [2.24, 2.45) is 5.41 Å². The number of fused-ring (bicyclic) bond motifs is 1. The standard InChI is InChI=1S/C24H32FN3O5/c1-23(2)17-6-5-15(25)13-18(17)27(20(23)30)22(32)26-14-28(11-8-16(29)9-12-28)19-7-10-24(19,3)21(31)33-4/h5-6,13,16,19,29H,7-12,14H2,1-4H3/p+1. The van der Waals surface area contributed by atoms with Crippen molar-refractivity contribution < 1.29 is 33.1 Å². The third-order valence-electron chi connectivity index (χ3n) is 8.16. The van der Waals surface area contributed by atoms with E-state index >= 15 is 0 Å². The van der Waals surface area contributed by atoms with Crippen LogP contribution in [0, 0.1) is 11.2 Å². The number of benzene rings is 1.